The number of benzene rings is 4. The molecule has 6 heterocycles. The molecule has 0 saturated heterocycles. The summed E-state index contributed by atoms with van der Waals surface area (Å²) in [7, 11) is 0. The van der Waals surface area contributed by atoms with E-state index in [0.29, 0.717) is 64.3 Å². The molecule has 6 aromatic rings. The van der Waals surface area contributed by atoms with E-state index in [9.17, 15) is 0 Å². The summed E-state index contributed by atoms with van der Waals surface area (Å²) in [4.78, 5) is 9.66. The van der Waals surface area contributed by atoms with Crippen LogP contribution in [0.3, 0.4) is 0 Å². The first-order chi connectivity index (χ1) is 22.5. The van der Waals surface area contributed by atoms with E-state index < -0.39 is 0 Å². The standard InChI is InChI=1S/C38H36N2O6/c1-24-18-29-20-25(2)22-33-35(29)45-37(39-33)27-4-8-31(9-5-27)43-16-14-41-12-13-42-15-17-44-32-10-6-28(7-11-32)38-40-34-23-26(3)21-30(19-24)36(34)46-38/h4-11,20-23H,1,12-19H2,2-3H3. The number of aromatic nitrogens is 2. The van der Waals surface area contributed by atoms with Crippen molar-refractivity contribution in [3.63, 3.8) is 0 Å². The normalized spacial score (nSPS) is 15.1. The first-order valence-corrected chi connectivity index (χ1v) is 15.6. The zero-order chi connectivity index (χ0) is 31.5. The summed E-state index contributed by atoms with van der Waals surface area (Å²) in [6.45, 7) is 11.4. The van der Waals surface area contributed by atoms with Crippen LogP contribution in [-0.2, 0) is 22.3 Å². The summed E-state index contributed by atoms with van der Waals surface area (Å²) in [6, 6.07) is 23.9. The van der Waals surface area contributed by atoms with Gasteiger partial charge >= 0.3 is 0 Å². The summed E-state index contributed by atoms with van der Waals surface area (Å²) >= 11 is 0. The SMILES string of the molecule is C=C1Cc2cc(C)cc3nc(oc23)-c2ccc(cc2)OCCOCCOCCOc2ccc(cc2)-c2nc3cc(C)cc(c3o2)C1. The molecule has 8 heteroatoms. The lowest BCUT2D eigenvalue weighted by atomic mass is 9.97. The smallest absolute Gasteiger partial charge is 0.227 e. The minimum Gasteiger partial charge on any atom is -0.491 e. The van der Waals surface area contributed by atoms with E-state index in [1.165, 1.54) is 0 Å². The van der Waals surface area contributed by atoms with Gasteiger partial charge in [-0.25, -0.2) is 9.97 Å². The summed E-state index contributed by atoms with van der Waals surface area (Å²) in [5, 5.41) is 0. The van der Waals surface area contributed by atoms with Crippen LogP contribution in [0, 0.1) is 13.8 Å². The highest BCUT2D eigenvalue weighted by atomic mass is 16.6. The number of aryl methyl sites for hydroxylation is 2. The molecule has 0 unspecified atom stereocenters. The van der Waals surface area contributed by atoms with Crippen LogP contribution in [0.4, 0.5) is 0 Å². The van der Waals surface area contributed by atoms with Gasteiger partial charge in [0.1, 0.15) is 35.7 Å². The lowest BCUT2D eigenvalue weighted by molar-refractivity contribution is 0.0273. The van der Waals surface area contributed by atoms with Crippen molar-refractivity contribution in [2.45, 2.75) is 26.7 Å². The minimum absolute atomic E-state index is 0.441. The van der Waals surface area contributed by atoms with Gasteiger partial charge in [0.25, 0.3) is 0 Å². The average molecular weight is 617 g/mol. The maximum atomic E-state index is 6.37. The van der Waals surface area contributed by atoms with Gasteiger partial charge in [0.2, 0.25) is 11.8 Å². The van der Waals surface area contributed by atoms with E-state index in [1.807, 2.05) is 48.5 Å². The number of ether oxygens (including phenoxy) is 4. The van der Waals surface area contributed by atoms with Crippen LogP contribution in [0.5, 0.6) is 11.5 Å². The highest BCUT2D eigenvalue weighted by Crippen LogP contribution is 2.33. The third-order valence-corrected chi connectivity index (χ3v) is 7.87. The molecule has 0 saturated carbocycles. The lowest BCUT2D eigenvalue weighted by Crippen LogP contribution is -2.13. The van der Waals surface area contributed by atoms with E-state index in [2.05, 4.69) is 44.7 Å². The molecule has 4 aliphatic rings. The maximum absolute atomic E-state index is 6.37. The van der Waals surface area contributed by atoms with Crippen molar-refractivity contribution < 1.29 is 27.8 Å². The van der Waals surface area contributed by atoms with Gasteiger partial charge in [0.15, 0.2) is 11.2 Å². The fraction of sp³-hybridized carbons (Fsp3) is 0.263. The first-order valence-electron chi connectivity index (χ1n) is 15.6. The van der Waals surface area contributed by atoms with Crippen molar-refractivity contribution in [3.05, 3.63) is 107 Å². The molecule has 8 nitrogen and oxygen atoms in total. The number of hydrogen-bond donors (Lipinski definition) is 0. The molecule has 234 valence electrons. The minimum atomic E-state index is 0.441. The molecule has 2 aromatic heterocycles. The number of allylic oxidation sites excluding steroid dienone is 1. The molecular weight excluding hydrogens is 580 g/mol. The number of nitrogens with zero attached hydrogens (tertiary/aromatic N) is 2. The van der Waals surface area contributed by atoms with E-state index in [0.717, 1.165) is 72.7 Å². The van der Waals surface area contributed by atoms with Crippen LogP contribution in [0.1, 0.15) is 22.3 Å². The summed E-state index contributed by atoms with van der Waals surface area (Å²) in [6.07, 6.45) is 1.29. The van der Waals surface area contributed by atoms with Crippen molar-refractivity contribution >= 4 is 22.2 Å². The highest BCUT2D eigenvalue weighted by molar-refractivity contribution is 5.82. The van der Waals surface area contributed by atoms with Gasteiger partial charge in [-0.15, -0.1) is 0 Å². The van der Waals surface area contributed by atoms with Crippen LogP contribution >= 0.6 is 0 Å². The molecule has 4 aromatic carbocycles. The first kappa shape index (κ1) is 29.8. The van der Waals surface area contributed by atoms with Gasteiger partial charge in [-0.2, -0.15) is 0 Å². The van der Waals surface area contributed by atoms with E-state index >= 15 is 0 Å². The van der Waals surface area contributed by atoms with Crippen LogP contribution in [0.2, 0.25) is 0 Å². The average Bonchev–Trinajstić information content (AvgIpc) is 3.67. The molecule has 0 aliphatic carbocycles. The molecule has 4 aliphatic heterocycles. The van der Waals surface area contributed by atoms with Crippen molar-refractivity contribution in [1.29, 1.82) is 0 Å². The highest BCUT2D eigenvalue weighted by Gasteiger charge is 2.17. The Morgan fingerprint density at radius 3 is 1.39 bits per heavy atom. The Bertz CT molecular complexity index is 1850. The molecule has 0 atom stereocenters. The van der Waals surface area contributed by atoms with Gasteiger partial charge < -0.3 is 27.8 Å². The van der Waals surface area contributed by atoms with E-state index in [1.54, 1.807) is 0 Å². The Morgan fingerprint density at radius 1 is 0.543 bits per heavy atom. The molecule has 46 heavy (non-hydrogen) atoms. The van der Waals surface area contributed by atoms with E-state index in [4.69, 9.17) is 37.7 Å². The van der Waals surface area contributed by atoms with Gasteiger partial charge in [0.05, 0.1) is 26.4 Å². The fourth-order valence-corrected chi connectivity index (χ4v) is 5.77. The molecular formula is C38H36N2O6. The zero-order valence-corrected chi connectivity index (χ0v) is 26.1. The second kappa shape index (κ2) is 13.2. The number of oxazole rings is 2. The predicted octanol–water partition coefficient (Wildman–Crippen LogP) is 8.07. The Labute approximate surface area is 267 Å². The second-order valence-corrected chi connectivity index (χ2v) is 11.7. The molecule has 0 radical (unpaired) electrons. The third-order valence-electron chi connectivity index (χ3n) is 7.87. The van der Waals surface area contributed by atoms with Crippen molar-refractivity contribution in [3.8, 4) is 34.4 Å². The Morgan fingerprint density at radius 2 is 0.957 bits per heavy atom. The lowest BCUT2D eigenvalue weighted by Gasteiger charge is -2.09. The Kier molecular flexibility index (Phi) is 8.55. The number of hydrogen-bond acceptors (Lipinski definition) is 8. The second-order valence-electron chi connectivity index (χ2n) is 11.7. The summed E-state index contributed by atoms with van der Waals surface area (Å²) < 4.78 is 35.7. The van der Waals surface area contributed by atoms with Crippen LogP contribution in [-0.4, -0.2) is 49.6 Å². The molecule has 0 spiro atoms. The Balaban J connectivity index is 1.19. The largest absolute Gasteiger partial charge is 0.491 e. The topological polar surface area (TPSA) is 89.0 Å². The summed E-state index contributed by atoms with van der Waals surface area (Å²) in [5.74, 6) is 2.65. The van der Waals surface area contributed by atoms with Gasteiger partial charge in [-0.3, -0.25) is 0 Å². The molecule has 0 N–H and O–H groups in total. The van der Waals surface area contributed by atoms with Crippen LogP contribution in [0.15, 0.2) is 93.8 Å². The van der Waals surface area contributed by atoms with E-state index in [-0.39, 0.29) is 0 Å². The van der Waals surface area contributed by atoms with Crippen LogP contribution < -0.4 is 9.47 Å². The molecule has 10 rings (SSSR count). The number of rotatable bonds is 0. The zero-order valence-electron chi connectivity index (χ0n) is 26.1. The maximum Gasteiger partial charge on any atom is 0.227 e. The third kappa shape index (κ3) is 6.68. The quantitative estimate of drug-likeness (QED) is 0.158. The van der Waals surface area contributed by atoms with Crippen molar-refractivity contribution in [1.82, 2.24) is 9.97 Å². The Hall–Kier alpha value is -4.92. The van der Waals surface area contributed by atoms with Crippen molar-refractivity contribution in [2.24, 2.45) is 0 Å². The summed E-state index contributed by atoms with van der Waals surface area (Å²) in [5.41, 5.74) is 10.3. The van der Waals surface area contributed by atoms with Gasteiger partial charge in [0, 0.05) is 22.3 Å². The predicted molar refractivity (Wildman–Crippen MR) is 178 cm³/mol. The van der Waals surface area contributed by atoms with Gasteiger partial charge in [-0.1, -0.05) is 24.3 Å². The molecule has 8 bridgehead atoms. The molecule has 0 fully saturated rings. The van der Waals surface area contributed by atoms with Gasteiger partial charge in [-0.05, 0) is 98.5 Å². The van der Waals surface area contributed by atoms with Crippen molar-refractivity contribution in [2.75, 3.05) is 39.6 Å². The molecule has 0 amide bonds. The fourth-order valence-electron chi connectivity index (χ4n) is 5.77. The monoisotopic (exact) mass is 616 g/mol. The van der Waals surface area contributed by atoms with Crippen LogP contribution in [0.25, 0.3) is 45.1 Å².